The predicted octanol–water partition coefficient (Wildman–Crippen LogP) is 3.00. The fourth-order valence-corrected chi connectivity index (χ4v) is 3.73. The second kappa shape index (κ2) is 12.4. The summed E-state index contributed by atoms with van der Waals surface area (Å²) in [6.07, 6.45) is -0.00696. The van der Waals surface area contributed by atoms with Gasteiger partial charge in [-0.1, -0.05) is 72.8 Å². The fraction of sp³-hybridized carbons (Fsp3) is 0.214. The van der Waals surface area contributed by atoms with Gasteiger partial charge in [-0.15, -0.1) is 0 Å². The maximum atomic E-state index is 14.1. The molecule has 0 fully saturated rings. The molecule has 7 nitrogen and oxygen atoms in total. The van der Waals surface area contributed by atoms with Crippen LogP contribution in [0, 0.1) is 5.82 Å². The Bertz CT molecular complexity index is 1230. The van der Waals surface area contributed by atoms with Gasteiger partial charge < -0.3 is 15.4 Å². The van der Waals surface area contributed by atoms with Crippen molar-refractivity contribution in [2.24, 2.45) is 0 Å². The largest absolute Gasteiger partial charge is 0.467 e. The lowest BCUT2D eigenvalue weighted by molar-refractivity contribution is -0.145. The van der Waals surface area contributed by atoms with E-state index < -0.39 is 35.7 Å². The summed E-state index contributed by atoms with van der Waals surface area (Å²) in [7, 11) is 1.20. The molecule has 0 radical (unpaired) electrons. The lowest BCUT2D eigenvalue weighted by atomic mass is 9.99. The van der Waals surface area contributed by atoms with E-state index in [9.17, 15) is 23.6 Å². The fourth-order valence-electron chi connectivity index (χ4n) is 3.73. The van der Waals surface area contributed by atoms with E-state index >= 15 is 0 Å². The highest BCUT2D eigenvalue weighted by Gasteiger charge is 2.28. The van der Waals surface area contributed by atoms with Crippen molar-refractivity contribution in [3.8, 4) is 0 Å². The normalized spacial score (nSPS) is 12.2. The second-order valence-electron chi connectivity index (χ2n) is 8.23. The van der Waals surface area contributed by atoms with Crippen LogP contribution < -0.4 is 10.6 Å². The first-order chi connectivity index (χ1) is 17.3. The summed E-state index contributed by atoms with van der Waals surface area (Å²) >= 11 is 0. The van der Waals surface area contributed by atoms with E-state index in [4.69, 9.17) is 4.74 Å². The van der Waals surface area contributed by atoms with E-state index in [1.807, 2.05) is 6.07 Å². The summed E-state index contributed by atoms with van der Waals surface area (Å²) < 4.78 is 19.0. The maximum Gasteiger partial charge on any atom is 0.328 e. The molecule has 2 N–H and O–H groups in total. The third kappa shape index (κ3) is 7.09. The number of carbonyl (C=O) groups is 4. The number of methoxy groups -OCH3 is 1. The lowest BCUT2D eigenvalue weighted by Crippen LogP contribution is -2.53. The van der Waals surface area contributed by atoms with Crippen molar-refractivity contribution < 1.29 is 28.3 Å². The molecule has 2 amide bonds. The average Bonchev–Trinajstić information content (AvgIpc) is 2.89. The molecule has 3 aromatic carbocycles. The van der Waals surface area contributed by atoms with Crippen molar-refractivity contribution in [2.45, 2.75) is 31.8 Å². The minimum atomic E-state index is -1.10. The van der Waals surface area contributed by atoms with Crippen molar-refractivity contribution in [1.29, 1.82) is 0 Å². The van der Waals surface area contributed by atoms with Crippen LogP contribution in [0.2, 0.25) is 0 Å². The van der Waals surface area contributed by atoms with E-state index in [1.54, 1.807) is 54.6 Å². The zero-order chi connectivity index (χ0) is 26.1. The van der Waals surface area contributed by atoms with Crippen molar-refractivity contribution in [3.63, 3.8) is 0 Å². The summed E-state index contributed by atoms with van der Waals surface area (Å²) in [6.45, 7) is 1.25. The molecule has 0 spiro atoms. The Morgan fingerprint density at radius 2 is 1.39 bits per heavy atom. The predicted molar refractivity (Wildman–Crippen MR) is 132 cm³/mol. The topological polar surface area (TPSA) is 102 Å². The molecule has 0 heterocycles. The van der Waals surface area contributed by atoms with Gasteiger partial charge in [-0.3, -0.25) is 14.4 Å². The van der Waals surface area contributed by atoms with Gasteiger partial charge in [0.25, 0.3) is 0 Å². The van der Waals surface area contributed by atoms with Crippen LogP contribution in [-0.4, -0.2) is 42.8 Å². The van der Waals surface area contributed by atoms with Gasteiger partial charge in [-0.2, -0.15) is 0 Å². The summed E-state index contributed by atoms with van der Waals surface area (Å²) in [6, 6.07) is 19.3. The highest BCUT2D eigenvalue weighted by atomic mass is 19.1. The minimum Gasteiger partial charge on any atom is -0.467 e. The van der Waals surface area contributed by atoms with Gasteiger partial charge in [0.2, 0.25) is 11.8 Å². The first-order valence-electron chi connectivity index (χ1n) is 11.4. The second-order valence-corrected chi connectivity index (χ2v) is 8.23. The van der Waals surface area contributed by atoms with E-state index in [1.165, 1.54) is 32.2 Å². The summed E-state index contributed by atoms with van der Waals surface area (Å²) in [5.74, 6) is -2.44. The van der Waals surface area contributed by atoms with Crippen LogP contribution in [0.15, 0.2) is 78.9 Å². The number of esters is 1. The molecule has 3 aromatic rings. The van der Waals surface area contributed by atoms with Crippen molar-refractivity contribution in [1.82, 2.24) is 10.6 Å². The van der Waals surface area contributed by atoms with Gasteiger partial charge in [-0.05, 0) is 17.2 Å². The van der Waals surface area contributed by atoms with Crippen molar-refractivity contribution in [2.75, 3.05) is 7.11 Å². The number of carbonyl (C=O) groups excluding carboxylic acids is 4. The molecule has 0 aliphatic heterocycles. The first-order valence-corrected chi connectivity index (χ1v) is 11.4. The number of hydrogen-bond donors (Lipinski definition) is 2. The van der Waals surface area contributed by atoms with Crippen LogP contribution >= 0.6 is 0 Å². The van der Waals surface area contributed by atoms with Crippen LogP contribution in [-0.2, 0) is 32.0 Å². The molecule has 8 heteroatoms. The Morgan fingerprint density at radius 3 is 2.00 bits per heavy atom. The zero-order valence-electron chi connectivity index (χ0n) is 20.0. The number of rotatable bonds is 10. The molecule has 0 aliphatic rings. The molecule has 186 valence electrons. The summed E-state index contributed by atoms with van der Waals surface area (Å²) in [5, 5.41) is 5.12. The molecule has 2 atom stereocenters. The zero-order valence-corrected chi connectivity index (χ0v) is 20.0. The highest BCUT2D eigenvalue weighted by molar-refractivity contribution is 6.08. The highest BCUT2D eigenvalue weighted by Crippen LogP contribution is 2.14. The van der Waals surface area contributed by atoms with E-state index in [2.05, 4.69) is 10.6 Å². The number of ether oxygens (including phenoxy) is 1. The van der Waals surface area contributed by atoms with Crippen LogP contribution in [0.25, 0.3) is 0 Å². The number of amides is 2. The van der Waals surface area contributed by atoms with Crippen LogP contribution in [0.5, 0.6) is 0 Å². The molecule has 0 aliphatic carbocycles. The molecule has 36 heavy (non-hydrogen) atoms. The minimum absolute atomic E-state index is 0.0880. The molecular weight excluding hydrogens is 463 g/mol. The Balaban J connectivity index is 1.74. The van der Waals surface area contributed by atoms with E-state index in [0.29, 0.717) is 16.7 Å². The van der Waals surface area contributed by atoms with Crippen molar-refractivity contribution >= 4 is 23.6 Å². The molecule has 0 bridgehead atoms. The Morgan fingerprint density at radius 1 is 0.778 bits per heavy atom. The van der Waals surface area contributed by atoms with Gasteiger partial charge in [0.1, 0.15) is 17.9 Å². The number of ketones is 1. The SMILES string of the molecule is COC(=O)[C@H](Cc1ccc(C(=O)c2ccccc2)cc1)NC(=O)[C@@H](Cc1ccccc1F)NC(C)=O. The Kier molecular flexibility index (Phi) is 9.05. The first kappa shape index (κ1) is 26.3. The molecule has 0 saturated heterocycles. The molecule has 0 saturated carbocycles. The monoisotopic (exact) mass is 490 g/mol. The van der Waals surface area contributed by atoms with Crippen molar-refractivity contribution in [3.05, 3.63) is 107 Å². The molecule has 3 rings (SSSR count). The van der Waals surface area contributed by atoms with E-state index in [-0.39, 0.29) is 24.2 Å². The number of benzene rings is 3. The van der Waals surface area contributed by atoms with Gasteiger partial charge in [0, 0.05) is 30.9 Å². The summed E-state index contributed by atoms with van der Waals surface area (Å²) in [5.41, 5.74) is 1.98. The van der Waals surface area contributed by atoms with Gasteiger partial charge in [-0.25, -0.2) is 9.18 Å². The van der Waals surface area contributed by atoms with Crippen LogP contribution in [0.3, 0.4) is 0 Å². The van der Waals surface area contributed by atoms with Crippen LogP contribution in [0.1, 0.15) is 34.0 Å². The Hall–Kier alpha value is -4.33. The molecule has 0 unspecified atom stereocenters. The van der Waals surface area contributed by atoms with Gasteiger partial charge in [0.05, 0.1) is 7.11 Å². The summed E-state index contributed by atoms with van der Waals surface area (Å²) in [4.78, 5) is 49.8. The molecular formula is C28H27FN2O5. The van der Waals surface area contributed by atoms with Gasteiger partial charge >= 0.3 is 5.97 Å². The lowest BCUT2D eigenvalue weighted by Gasteiger charge is -2.22. The Labute approximate surface area is 208 Å². The maximum absolute atomic E-state index is 14.1. The number of halogens is 1. The third-order valence-electron chi connectivity index (χ3n) is 5.57. The molecule has 0 aromatic heterocycles. The van der Waals surface area contributed by atoms with E-state index in [0.717, 1.165) is 0 Å². The quantitative estimate of drug-likeness (QED) is 0.336. The smallest absolute Gasteiger partial charge is 0.328 e. The van der Waals surface area contributed by atoms with Gasteiger partial charge in [0.15, 0.2) is 5.78 Å². The number of nitrogens with one attached hydrogen (secondary N) is 2. The third-order valence-corrected chi connectivity index (χ3v) is 5.57. The number of hydrogen-bond acceptors (Lipinski definition) is 5. The standard InChI is InChI=1S/C28H27FN2O5/c1-18(32)30-24(17-22-10-6-7-11-23(22)29)27(34)31-25(28(35)36-2)16-19-12-14-21(15-13-19)26(33)20-8-4-3-5-9-20/h3-15,24-25H,16-17H2,1-2H3,(H,30,32)(H,31,34)/t24-,25+/m1/s1. The average molecular weight is 491 g/mol. The van der Waals surface area contributed by atoms with Crippen LogP contribution in [0.4, 0.5) is 4.39 Å².